The van der Waals surface area contributed by atoms with Crippen LogP contribution in [0.2, 0.25) is 0 Å². The van der Waals surface area contributed by atoms with Crippen LogP contribution in [-0.2, 0) is 6.54 Å². The maximum atomic E-state index is 5.89. The molecule has 126 valence electrons. The molecule has 0 radical (unpaired) electrons. The predicted molar refractivity (Wildman–Crippen MR) is 99.1 cm³/mol. The van der Waals surface area contributed by atoms with Crippen molar-refractivity contribution in [1.29, 1.82) is 0 Å². The number of hydrogen-bond acceptors (Lipinski definition) is 3. The Hall–Kier alpha value is -0.480. The molecule has 1 aromatic rings. The molecule has 2 N–H and O–H groups in total. The molecule has 3 rings (SSSR count). The molecule has 1 unspecified atom stereocenters. The van der Waals surface area contributed by atoms with E-state index in [9.17, 15) is 0 Å². The molecule has 2 fully saturated rings. The van der Waals surface area contributed by atoms with Crippen molar-refractivity contribution in [1.82, 2.24) is 9.80 Å². The molecule has 0 aliphatic carbocycles. The maximum Gasteiger partial charge on any atom is 0.0317 e. The van der Waals surface area contributed by atoms with E-state index in [-0.39, 0.29) is 24.8 Å². The molecular formula is C17H29Cl2N3. The van der Waals surface area contributed by atoms with E-state index in [1.165, 1.54) is 63.8 Å². The van der Waals surface area contributed by atoms with Crippen LogP contribution in [-0.4, -0.2) is 42.0 Å². The molecule has 0 amide bonds. The average molecular weight is 346 g/mol. The summed E-state index contributed by atoms with van der Waals surface area (Å²) in [7, 11) is 0. The Bertz CT molecular complexity index is 436. The molecule has 3 nitrogen and oxygen atoms in total. The highest BCUT2D eigenvalue weighted by molar-refractivity contribution is 5.85. The number of benzene rings is 1. The lowest BCUT2D eigenvalue weighted by Gasteiger charge is -2.33. The summed E-state index contributed by atoms with van der Waals surface area (Å²) in [5.41, 5.74) is 8.13. The Morgan fingerprint density at radius 1 is 1.00 bits per heavy atom. The molecule has 2 aliphatic rings. The summed E-state index contributed by atoms with van der Waals surface area (Å²) >= 11 is 0. The van der Waals surface area contributed by atoms with Crippen LogP contribution in [0.4, 0.5) is 5.69 Å². The van der Waals surface area contributed by atoms with Crippen molar-refractivity contribution in [3.8, 4) is 0 Å². The van der Waals surface area contributed by atoms with Gasteiger partial charge >= 0.3 is 0 Å². The van der Waals surface area contributed by atoms with Gasteiger partial charge in [-0.15, -0.1) is 24.8 Å². The number of hydrogen-bond donors (Lipinski definition) is 1. The second-order valence-electron chi connectivity index (χ2n) is 6.37. The summed E-state index contributed by atoms with van der Waals surface area (Å²) in [5.74, 6) is 0. The third kappa shape index (κ3) is 5.31. The Morgan fingerprint density at radius 2 is 1.77 bits per heavy atom. The third-order valence-electron chi connectivity index (χ3n) is 4.75. The SMILES string of the molecule is Cl.Cl.Nc1cccc(CN2CCCC2CN2CCCCC2)c1. The largest absolute Gasteiger partial charge is 0.399 e. The van der Waals surface area contributed by atoms with Crippen molar-refractivity contribution in [2.45, 2.75) is 44.7 Å². The smallest absolute Gasteiger partial charge is 0.0317 e. The number of rotatable bonds is 4. The second kappa shape index (κ2) is 9.61. The van der Waals surface area contributed by atoms with Gasteiger partial charge in [0.05, 0.1) is 0 Å². The molecule has 2 saturated heterocycles. The minimum atomic E-state index is 0. The van der Waals surface area contributed by atoms with E-state index in [1.807, 2.05) is 6.07 Å². The number of anilines is 1. The average Bonchev–Trinajstić information content (AvgIpc) is 2.87. The maximum absolute atomic E-state index is 5.89. The standard InChI is InChI=1S/C17H27N3.2ClH/c18-16-7-4-6-15(12-16)13-20-11-5-8-17(20)14-19-9-2-1-3-10-19;;/h4,6-7,12,17H,1-3,5,8-11,13-14,18H2;2*1H. The summed E-state index contributed by atoms with van der Waals surface area (Å²) in [5, 5.41) is 0. The monoisotopic (exact) mass is 345 g/mol. The third-order valence-corrected chi connectivity index (χ3v) is 4.75. The predicted octanol–water partition coefficient (Wildman–Crippen LogP) is 3.56. The van der Waals surface area contributed by atoms with Gasteiger partial charge in [-0.3, -0.25) is 4.90 Å². The fraction of sp³-hybridized carbons (Fsp3) is 0.647. The summed E-state index contributed by atoms with van der Waals surface area (Å²) in [6.45, 7) is 6.18. The van der Waals surface area contributed by atoms with Crippen molar-refractivity contribution in [2.75, 3.05) is 31.9 Å². The molecule has 0 saturated carbocycles. The zero-order chi connectivity index (χ0) is 13.8. The van der Waals surface area contributed by atoms with E-state index >= 15 is 0 Å². The van der Waals surface area contributed by atoms with E-state index in [0.29, 0.717) is 0 Å². The quantitative estimate of drug-likeness (QED) is 0.846. The molecule has 2 aliphatic heterocycles. The van der Waals surface area contributed by atoms with E-state index < -0.39 is 0 Å². The van der Waals surface area contributed by atoms with Gasteiger partial charge in [0.2, 0.25) is 0 Å². The first kappa shape index (κ1) is 19.6. The zero-order valence-electron chi connectivity index (χ0n) is 13.2. The summed E-state index contributed by atoms with van der Waals surface area (Å²) in [6.07, 6.45) is 6.91. The summed E-state index contributed by atoms with van der Waals surface area (Å²) in [6, 6.07) is 9.11. The molecule has 0 spiro atoms. The lowest BCUT2D eigenvalue weighted by molar-refractivity contribution is 0.149. The molecule has 22 heavy (non-hydrogen) atoms. The van der Waals surface area contributed by atoms with Gasteiger partial charge in [0.1, 0.15) is 0 Å². The van der Waals surface area contributed by atoms with Gasteiger partial charge in [-0.05, 0) is 63.0 Å². The number of nitrogen functional groups attached to an aromatic ring is 1. The van der Waals surface area contributed by atoms with Crippen molar-refractivity contribution in [2.24, 2.45) is 0 Å². The van der Waals surface area contributed by atoms with Gasteiger partial charge in [0, 0.05) is 24.8 Å². The van der Waals surface area contributed by atoms with Crippen LogP contribution >= 0.6 is 24.8 Å². The van der Waals surface area contributed by atoms with Crippen molar-refractivity contribution < 1.29 is 0 Å². The summed E-state index contributed by atoms with van der Waals surface area (Å²) < 4.78 is 0. The van der Waals surface area contributed by atoms with E-state index in [0.717, 1.165) is 18.3 Å². The molecule has 0 bridgehead atoms. The van der Waals surface area contributed by atoms with Crippen LogP contribution in [0.15, 0.2) is 24.3 Å². The Morgan fingerprint density at radius 3 is 2.50 bits per heavy atom. The van der Waals surface area contributed by atoms with Crippen molar-refractivity contribution in [3.05, 3.63) is 29.8 Å². The number of nitrogens with two attached hydrogens (primary N) is 1. The number of halogens is 2. The first-order chi connectivity index (χ1) is 9.81. The lowest BCUT2D eigenvalue weighted by atomic mass is 10.1. The summed E-state index contributed by atoms with van der Waals surface area (Å²) in [4.78, 5) is 5.33. The van der Waals surface area contributed by atoms with E-state index in [2.05, 4.69) is 28.0 Å². The second-order valence-corrected chi connectivity index (χ2v) is 6.37. The highest BCUT2D eigenvalue weighted by atomic mass is 35.5. The Kier molecular flexibility index (Phi) is 8.55. The van der Waals surface area contributed by atoms with Gasteiger partial charge in [-0.1, -0.05) is 18.6 Å². The first-order valence-electron chi connectivity index (χ1n) is 8.12. The molecule has 2 heterocycles. The van der Waals surface area contributed by atoms with Crippen LogP contribution in [0.5, 0.6) is 0 Å². The first-order valence-corrected chi connectivity index (χ1v) is 8.12. The fourth-order valence-electron chi connectivity index (χ4n) is 3.68. The van der Waals surface area contributed by atoms with Crippen LogP contribution in [0, 0.1) is 0 Å². The molecule has 5 heteroatoms. The highest BCUT2D eigenvalue weighted by Crippen LogP contribution is 2.22. The van der Waals surface area contributed by atoms with Gasteiger partial charge in [0.15, 0.2) is 0 Å². The van der Waals surface area contributed by atoms with Crippen LogP contribution in [0.1, 0.15) is 37.7 Å². The van der Waals surface area contributed by atoms with Gasteiger partial charge in [-0.25, -0.2) is 0 Å². The number of nitrogens with zero attached hydrogens (tertiary/aromatic N) is 2. The Labute approximate surface area is 147 Å². The van der Waals surface area contributed by atoms with Crippen LogP contribution in [0.25, 0.3) is 0 Å². The lowest BCUT2D eigenvalue weighted by Crippen LogP contribution is -2.42. The normalized spacial score (nSPS) is 22.8. The van der Waals surface area contributed by atoms with Crippen molar-refractivity contribution >= 4 is 30.5 Å². The topological polar surface area (TPSA) is 32.5 Å². The number of piperidine rings is 1. The van der Waals surface area contributed by atoms with Crippen molar-refractivity contribution in [3.63, 3.8) is 0 Å². The molecule has 0 aromatic heterocycles. The minimum Gasteiger partial charge on any atom is -0.399 e. The molecular weight excluding hydrogens is 317 g/mol. The van der Waals surface area contributed by atoms with Gasteiger partial charge in [0.25, 0.3) is 0 Å². The molecule has 1 aromatic carbocycles. The minimum absolute atomic E-state index is 0. The van der Waals surface area contributed by atoms with E-state index in [1.54, 1.807) is 0 Å². The number of likely N-dealkylation sites (tertiary alicyclic amines) is 2. The van der Waals surface area contributed by atoms with Crippen LogP contribution in [0.3, 0.4) is 0 Å². The fourth-order valence-corrected chi connectivity index (χ4v) is 3.68. The van der Waals surface area contributed by atoms with Gasteiger partial charge < -0.3 is 10.6 Å². The zero-order valence-corrected chi connectivity index (χ0v) is 14.9. The molecule has 1 atom stereocenters. The Balaban J connectivity index is 0.00000121. The van der Waals surface area contributed by atoms with Gasteiger partial charge in [-0.2, -0.15) is 0 Å². The highest BCUT2D eigenvalue weighted by Gasteiger charge is 2.26. The van der Waals surface area contributed by atoms with E-state index in [4.69, 9.17) is 5.73 Å². The van der Waals surface area contributed by atoms with Crippen LogP contribution < -0.4 is 5.73 Å².